The number of carboxylic acid groups (broad SMARTS) is 1. The van der Waals surface area contributed by atoms with Crippen LogP contribution in [-0.4, -0.2) is 16.2 Å². The molecule has 0 aromatic heterocycles. The molecule has 3 nitrogen and oxygen atoms in total. The van der Waals surface area contributed by atoms with Crippen LogP contribution in [0.3, 0.4) is 0 Å². The number of carboxylic acids is 1. The summed E-state index contributed by atoms with van der Waals surface area (Å²) in [4.78, 5) is 10.9. The van der Waals surface area contributed by atoms with Crippen LogP contribution in [-0.2, 0) is 22.0 Å². The predicted molar refractivity (Wildman–Crippen MR) is 76.8 cm³/mol. The molecule has 0 saturated carbocycles. The van der Waals surface area contributed by atoms with Crippen LogP contribution in [0.5, 0.6) is 5.75 Å². The zero-order valence-corrected chi connectivity index (χ0v) is 12.7. The van der Waals surface area contributed by atoms with Gasteiger partial charge in [0.1, 0.15) is 5.75 Å². The van der Waals surface area contributed by atoms with Gasteiger partial charge in [0.15, 0.2) is 0 Å². The Bertz CT molecular complexity index is 453. The number of rotatable bonds is 2. The van der Waals surface area contributed by atoms with Crippen molar-refractivity contribution in [2.24, 2.45) is 0 Å². The van der Waals surface area contributed by atoms with E-state index in [9.17, 15) is 9.90 Å². The Labute approximate surface area is 115 Å². The van der Waals surface area contributed by atoms with Gasteiger partial charge in [0.2, 0.25) is 0 Å². The molecule has 0 radical (unpaired) electrons. The molecular weight excluding hydrogens is 240 g/mol. The summed E-state index contributed by atoms with van der Waals surface area (Å²) < 4.78 is 0. The van der Waals surface area contributed by atoms with Crippen LogP contribution >= 0.6 is 0 Å². The van der Waals surface area contributed by atoms with Crippen molar-refractivity contribution in [2.45, 2.75) is 58.8 Å². The average molecular weight is 264 g/mol. The van der Waals surface area contributed by atoms with Gasteiger partial charge in [-0.1, -0.05) is 53.7 Å². The zero-order chi connectivity index (χ0) is 15.0. The predicted octanol–water partition coefficient (Wildman–Crippen LogP) is 3.61. The van der Waals surface area contributed by atoms with Crippen molar-refractivity contribution in [1.29, 1.82) is 0 Å². The second-order valence-electron chi connectivity index (χ2n) is 7.11. The average Bonchev–Trinajstić information content (AvgIpc) is 2.16. The number of hydrogen-bond donors (Lipinski definition) is 2. The van der Waals surface area contributed by atoms with Crippen molar-refractivity contribution in [3.05, 3.63) is 28.8 Å². The van der Waals surface area contributed by atoms with E-state index in [1.165, 1.54) is 0 Å². The van der Waals surface area contributed by atoms with Crippen molar-refractivity contribution in [1.82, 2.24) is 0 Å². The number of benzene rings is 1. The van der Waals surface area contributed by atoms with Crippen LogP contribution in [0, 0.1) is 0 Å². The van der Waals surface area contributed by atoms with Crippen LogP contribution in [0.2, 0.25) is 0 Å². The lowest BCUT2D eigenvalue weighted by Crippen LogP contribution is -2.18. The van der Waals surface area contributed by atoms with E-state index in [0.29, 0.717) is 0 Å². The molecule has 0 saturated heterocycles. The lowest BCUT2D eigenvalue weighted by molar-refractivity contribution is -0.136. The Morgan fingerprint density at radius 2 is 1.37 bits per heavy atom. The highest BCUT2D eigenvalue weighted by Gasteiger charge is 2.26. The minimum atomic E-state index is -0.856. The van der Waals surface area contributed by atoms with Crippen LogP contribution in [0.15, 0.2) is 12.1 Å². The zero-order valence-electron chi connectivity index (χ0n) is 12.7. The van der Waals surface area contributed by atoms with E-state index in [1.54, 1.807) is 12.1 Å². The second kappa shape index (κ2) is 4.87. The molecule has 1 aromatic carbocycles. The molecule has 0 fully saturated rings. The molecule has 0 aliphatic heterocycles. The third-order valence-electron chi connectivity index (χ3n) is 3.14. The molecule has 0 spiro atoms. The molecule has 0 aliphatic carbocycles. The molecular formula is C16H24O3. The maximum Gasteiger partial charge on any atom is 0.307 e. The standard InChI is InChI=1S/C16H24O3/c1-15(2,3)11-7-10(9-13(17)18)8-12(14(11)19)16(4,5)6/h7-8,19H,9H2,1-6H3,(H,17,18). The molecule has 0 heterocycles. The Morgan fingerprint density at radius 3 is 1.63 bits per heavy atom. The molecule has 0 aliphatic rings. The quantitative estimate of drug-likeness (QED) is 0.857. The van der Waals surface area contributed by atoms with Gasteiger partial charge in [-0.2, -0.15) is 0 Å². The topological polar surface area (TPSA) is 57.5 Å². The van der Waals surface area contributed by atoms with E-state index in [0.717, 1.165) is 16.7 Å². The van der Waals surface area contributed by atoms with Gasteiger partial charge in [-0.25, -0.2) is 0 Å². The first-order chi connectivity index (χ1) is 8.43. The summed E-state index contributed by atoms with van der Waals surface area (Å²) in [7, 11) is 0. The maximum atomic E-state index is 10.9. The number of aromatic hydroxyl groups is 1. The summed E-state index contributed by atoms with van der Waals surface area (Å²) in [6.45, 7) is 12.1. The SMILES string of the molecule is CC(C)(C)c1cc(CC(=O)O)cc(C(C)(C)C)c1O. The van der Waals surface area contributed by atoms with E-state index >= 15 is 0 Å². The van der Waals surface area contributed by atoms with E-state index in [4.69, 9.17) is 5.11 Å². The maximum absolute atomic E-state index is 10.9. The highest BCUT2D eigenvalue weighted by molar-refractivity contribution is 5.71. The monoisotopic (exact) mass is 264 g/mol. The van der Waals surface area contributed by atoms with Gasteiger partial charge in [0, 0.05) is 0 Å². The van der Waals surface area contributed by atoms with Crippen molar-refractivity contribution in [3.8, 4) is 5.75 Å². The molecule has 19 heavy (non-hydrogen) atoms. The van der Waals surface area contributed by atoms with Gasteiger partial charge in [-0.15, -0.1) is 0 Å². The van der Waals surface area contributed by atoms with Crippen LogP contribution < -0.4 is 0 Å². The van der Waals surface area contributed by atoms with Gasteiger partial charge in [0.05, 0.1) is 6.42 Å². The fraction of sp³-hybridized carbons (Fsp3) is 0.562. The summed E-state index contributed by atoms with van der Waals surface area (Å²) in [5, 5.41) is 19.4. The van der Waals surface area contributed by atoms with Gasteiger partial charge in [-0.3, -0.25) is 4.79 Å². The molecule has 3 heteroatoms. The molecule has 0 atom stereocenters. The number of carbonyl (C=O) groups is 1. The lowest BCUT2D eigenvalue weighted by atomic mass is 9.78. The van der Waals surface area contributed by atoms with Gasteiger partial charge >= 0.3 is 5.97 Å². The van der Waals surface area contributed by atoms with Crippen LogP contribution in [0.25, 0.3) is 0 Å². The molecule has 0 amide bonds. The van der Waals surface area contributed by atoms with Crippen molar-refractivity contribution >= 4 is 5.97 Å². The summed E-state index contributed by atoms with van der Waals surface area (Å²) >= 11 is 0. The normalized spacial score (nSPS) is 12.5. The first-order valence-electron chi connectivity index (χ1n) is 6.51. The van der Waals surface area contributed by atoms with Crippen molar-refractivity contribution in [3.63, 3.8) is 0 Å². The molecule has 2 N–H and O–H groups in total. The number of phenols is 1. The highest BCUT2D eigenvalue weighted by atomic mass is 16.4. The minimum absolute atomic E-state index is 0.0214. The molecule has 0 unspecified atom stereocenters. The smallest absolute Gasteiger partial charge is 0.307 e. The summed E-state index contributed by atoms with van der Waals surface area (Å²) in [5.74, 6) is -0.570. The van der Waals surface area contributed by atoms with Crippen molar-refractivity contribution < 1.29 is 15.0 Å². The number of hydrogen-bond acceptors (Lipinski definition) is 2. The first kappa shape index (κ1) is 15.5. The minimum Gasteiger partial charge on any atom is -0.507 e. The first-order valence-corrected chi connectivity index (χ1v) is 6.51. The number of aliphatic carboxylic acids is 1. The summed E-state index contributed by atoms with van der Waals surface area (Å²) in [5.41, 5.74) is 1.89. The third-order valence-corrected chi connectivity index (χ3v) is 3.14. The van der Waals surface area contributed by atoms with E-state index < -0.39 is 5.97 Å². The fourth-order valence-electron chi connectivity index (χ4n) is 2.11. The van der Waals surface area contributed by atoms with Gasteiger partial charge in [-0.05, 0) is 27.5 Å². The van der Waals surface area contributed by atoms with E-state index in [1.807, 2.05) is 41.5 Å². The summed E-state index contributed by atoms with van der Waals surface area (Å²) in [6, 6.07) is 3.61. The van der Waals surface area contributed by atoms with Crippen molar-refractivity contribution in [2.75, 3.05) is 0 Å². The Balaban J connectivity index is 3.52. The Kier molecular flexibility index (Phi) is 3.99. The lowest BCUT2D eigenvalue weighted by Gasteiger charge is -2.28. The van der Waals surface area contributed by atoms with E-state index in [-0.39, 0.29) is 23.0 Å². The largest absolute Gasteiger partial charge is 0.507 e. The van der Waals surface area contributed by atoms with Crippen LogP contribution in [0.1, 0.15) is 58.2 Å². The summed E-state index contributed by atoms with van der Waals surface area (Å²) in [6.07, 6.45) is -0.0214. The fourth-order valence-corrected chi connectivity index (χ4v) is 2.11. The van der Waals surface area contributed by atoms with Crippen LogP contribution in [0.4, 0.5) is 0 Å². The van der Waals surface area contributed by atoms with Gasteiger partial charge in [0.25, 0.3) is 0 Å². The Morgan fingerprint density at radius 1 is 1.00 bits per heavy atom. The molecule has 106 valence electrons. The highest BCUT2D eigenvalue weighted by Crippen LogP contribution is 2.39. The van der Waals surface area contributed by atoms with E-state index in [2.05, 4.69) is 0 Å². The van der Waals surface area contributed by atoms with Gasteiger partial charge < -0.3 is 10.2 Å². The molecule has 0 bridgehead atoms. The molecule has 1 rings (SSSR count). The second-order valence-corrected chi connectivity index (χ2v) is 7.11. The number of phenolic OH excluding ortho intramolecular Hbond substituents is 1. The third kappa shape index (κ3) is 3.72. The Hall–Kier alpha value is -1.51. The molecule has 1 aromatic rings.